The second-order valence-corrected chi connectivity index (χ2v) is 8.57. The van der Waals surface area contributed by atoms with Crippen LogP contribution < -0.4 is 4.74 Å². The Morgan fingerprint density at radius 1 is 1.03 bits per heavy atom. The first-order valence-corrected chi connectivity index (χ1v) is 11.4. The Bertz CT molecular complexity index is 950. The summed E-state index contributed by atoms with van der Waals surface area (Å²) in [5.41, 5.74) is 2.93. The lowest BCUT2D eigenvalue weighted by atomic mass is 9.92. The topological polar surface area (TPSA) is 71.5 Å². The number of hydrogen-bond donors (Lipinski definition) is 1. The van der Waals surface area contributed by atoms with Crippen LogP contribution in [0.5, 0.6) is 5.75 Å². The van der Waals surface area contributed by atoms with Gasteiger partial charge in [0.2, 0.25) is 6.29 Å². The summed E-state index contributed by atoms with van der Waals surface area (Å²) in [6.07, 6.45) is 2.00. The molecule has 0 radical (unpaired) electrons. The molecule has 1 amide bonds. The minimum absolute atomic E-state index is 0.00200. The molecule has 2 aliphatic rings. The van der Waals surface area contributed by atoms with Gasteiger partial charge in [-0.15, -0.1) is 0 Å². The second kappa shape index (κ2) is 10.8. The van der Waals surface area contributed by atoms with Crippen LogP contribution in [0.1, 0.15) is 29.0 Å². The third-order valence-electron chi connectivity index (χ3n) is 6.24. The standard InChI is InChI=1S/C26H32N2O5/c1-27-11-13-28(14-12-27)26(30)24-15-22(21-7-9-23(31-2)10-8-21)16-25(33-24)32-18-20-5-3-19(17-29)4-6-20/h3-10,15,22,25,29H,11-14,16-18H2,1-2H3/t22-,25+/m0/s1. The van der Waals surface area contributed by atoms with Crippen molar-refractivity contribution in [3.8, 4) is 5.75 Å². The van der Waals surface area contributed by atoms with Crippen molar-refractivity contribution in [3.05, 3.63) is 77.1 Å². The Balaban J connectivity index is 1.50. The highest BCUT2D eigenvalue weighted by atomic mass is 16.7. The average Bonchev–Trinajstić information content (AvgIpc) is 2.87. The molecule has 7 heteroatoms. The van der Waals surface area contributed by atoms with Crippen molar-refractivity contribution in [2.75, 3.05) is 40.3 Å². The number of amides is 1. The van der Waals surface area contributed by atoms with E-state index >= 15 is 0 Å². The molecule has 4 rings (SSSR count). The predicted molar refractivity (Wildman–Crippen MR) is 125 cm³/mol. The minimum atomic E-state index is -0.536. The number of piperazine rings is 1. The van der Waals surface area contributed by atoms with Crippen LogP contribution in [0.3, 0.4) is 0 Å². The number of allylic oxidation sites excluding steroid dienone is 1. The summed E-state index contributed by atoms with van der Waals surface area (Å²) >= 11 is 0. The smallest absolute Gasteiger partial charge is 0.288 e. The summed E-state index contributed by atoms with van der Waals surface area (Å²) in [7, 11) is 3.71. The summed E-state index contributed by atoms with van der Waals surface area (Å²) in [6, 6.07) is 15.5. The number of ether oxygens (including phenoxy) is 3. The van der Waals surface area contributed by atoms with Crippen molar-refractivity contribution < 1.29 is 24.1 Å². The lowest BCUT2D eigenvalue weighted by Crippen LogP contribution is -2.48. The van der Waals surface area contributed by atoms with Crippen molar-refractivity contribution in [2.45, 2.75) is 31.8 Å². The quantitative estimate of drug-likeness (QED) is 0.697. The summed E-state index contributed by atoms with van der Waals surface area (Å²) in [6.45, 7) is 3.45. The van der Waals surface area contributed by atoms with Gasteiger partial charge in [0.15, 0.2) is 5.76 Å². The van der Waals surface area contributed by atoms with Crippen LogP contribution in [0, 0.1) is 0 Å². The third kappa shape index (κ3) is 5.93. The van der Waals surface area contributed by atoms with Crippen LogP contribution in [0.4, 0.5) is 0 Å². The number of methoxy groups -OCH3 is 1. The Hall–Kier alpha value is -2.87. The van der Waals surface area contributed by atoms with E-state index in [4.69, 9.17) is 14.2 Å². The van der Waals surface area contributed by atoms with Gasteiger partial charge < -0.3 is 29.1 Å². The molecule has 0 saturated carbocycles. The van der Waals surface area contributed by atoms with Crippen LogP contribution in [0.2, 0.25) is 0 Å². The zero-order valence-electron chi connectivity index (χ0n) is 19.3. The molecule has 0 unspecified atom stereocenters. The van der Waals surface area contributed by atoms with Crippen LogP contribution in [0.15, 0.2) is 60.4 Å². The van der Waals surface area contributed by atoms with E-state index in [9.17, 15) is 9.90 Å². The van der Waals surface area contributed by atoms with Gasteiger partial charge in [-0.3, -0.25) is 4.79 Å². The molecule has 2 heterocycles. The number of rotatable bonds is 7. The molecule has 7 nitrogen and oxygen atoms in total. The van der Waals surface area contributed by atoms with Crippen molar-refractivity contribution >= 4 is 5.91 Å². The van der Waals surface area contributed by atoms with Gasteiger partial charge in [0.1, 0.15) is 5.75 Å². The van der Waals surface area contributed by atoms with E-state index in [2.05, 4.69) is 11.9 Å². The van der Waals surface area contributed by atoms with Gasteiger partial charge in [0, 0.05) is 38.5 Å². The van der Waals surface area contributed by atoms with E-state index in [1.54, 1.807) is 7.11 Å². The van der Waals surface area contributed by atoms with E-state index in [1.807, 2.05) is 59.5 Å². The highest BCUT2D eigenvalue weighted by Crippen LogP contribution is 2.33. The van der Waals surface area contributed by atoms with E-state index < -0.39 is 6.29 Å². The fraction of sp³-hybridized carbons (Fsp3) is 0.423. The van der Waals surface area contributed by atoms with Crippen LogP contribution in [0.25, 0.3) is 0 Å². The molecule has 0 spiro atoms. The lowest BCUT2D eigenvalue weighted by molar-refractivity contribution is -0.156. The number of aliphatic hydroxyl groups excluding tert-OH is 1. The first kappa shape index (κ1) is 23.3. The van der Waals surface area contributed by atoms with Gasteiger partial charge in [0.05, 0.1) is 20.3 Å². The Morgan fingerprint density at radius 2 is 1.70 bits per heavy atom. The van der Waals surface area contributed by atoms with Crippen molar-refractivity contribution in [1.29, 1.82) is 0 Å². The number of hydrogen-bond acceptors (Lipinski definition) is 6. The molecule has 2 aromatic carbocycles. The summed E-state index contributed by atoms with van der Waals surface area (Å²) in [5, 5.41) is 9.23. The summed E-state index contributed by atoms with van der Waals surface area (Å²) < 4.78 is 17.4. The van der Waals surface area contributed by atoms with E-state index in [-0.39, 0.29) is 18.4 Å². The molecule has 33 heavy (non-hydrogen) atoms. The summed E-state index contributed by atoms with van der Waals surface area (Å²) in [5.74, 6) is 1.06. The molecular weight excluding hydrogens is 420 g/mol. The lowest BCUT2D eigenvalue weighted by Gasteiger charge is -2.35. The Kier molecular flexibility index (Phi) is 7.65. The maximum Gasteiger partial charge on any atom is 0.288 e. The van der Waals surface area contributed by atoms with Gasteiger partial charge in [-0.05, 0) is 41.9 Å². The molecule has 1 N–H and O–H groups in total. The number of aliphatic hydroxyl groups is 1. The van der Waals surface area contributed by atoms with Gasteiger partial charge in [0.25, 0.3) is 5.91 Å². The van der Waals surface area contributed by atoms with E-state index in [1.165, 1.54) is 0 Å². The first-order chi connectivity index (χ1) is 16.1. The normalized spacial score (nSPS) is 21.3. The van der Waals surface area contributed by atoms with E-state index in [0.29, 0.717) is 31.9 Å². The number of carbonyl (C=O) groups excluding carboxylic acids is 1. The molecule has 1 fully saturated rings. The number of benzene rings is 2. The zero-order chi connectivity index (χ0) is 23.2. The Labute approximate surface area is 195 Å². The molecule has 0 aliphatic carbocycles. The minimum Gasteiger partial charge on any atom is -0.497 e. The number of nitrogens with zero attached hydrogens (tertiary/aromatic N) is 2. The highest BCUT2D eigenvalue weighted by molar-refractivity contribution is 5.92. The molecule has 2 aliphatic heterocycles. The van der Waals surface area contributed by atoms with Gasteiger partial charge in [-0.2, -0.15) is 0 Å². The molecule has 0 aromatic heterocycles. The van der Waals surface area contributed by atoms with Crippen LogP contribution >= 0.6 is 0 Å². The average molecular weight is 453 g/mol. The van der Waals surface area contributed by atoms with Gasteiger partial charge >= 0.3 is 0 Å². The maximum atomic E-state index is 13.2. The first-order valence-electron chi connectivity index (χ1n) is 11.4. The highest BCUT2D eigenvalue weighted by Gasteiger charge is 2.32. The SMILES string of the molecule is COc1ccc([C@H]2C=C(C(=O)N3CCN(C)CC3)O[C@@H](OCc3ccc(CO)cc3)C2)cc1. The van der Waals surface area contributed by atoms with Crippen molar-refractivity contribution in [1.82, 2.24) is 9.80 Å². The van der Waals surface area contributed by atoms with Gasteiger partial charge in [-0.1, -0.05) is 36.4 Å². The van der Waals surface area contributed by atoms with E-state index in [0.717, 1.165) is 35.5 Å². The predicted octanol–water partition coefficient (Wildman–Crippen LogP) is 2.89. The van der Waals surface area contributed by atoms with Gasteiger partial charge in [-0.25, -0.2) is 0 Å². The molecule has 0 bridgehead atoms. The largest absolute Gasteiger partial charge is 0.497 e. The second-order valence-electron chi connectivity index (χ2n) is 8.57. The monoisotopic (exact) mass is 452 g/mol. The van der Waals surface area contributed by atoms with Crippen LogP contribution in [-0.2, 0) is 27.5 Å². The maximum absolute atomic E-state index is 13.2. The third-order valence-corrected chi connectivity index (χ3v) is 6.24. The molecular formula is C26H32N2O5. The van der Waals surface area contributed by atoms with Crippen molar-refractivity contribution in [2.24, 2.45) is 0 Å². The molecule has 2 atom stereocenters. The Morgan fingerprint density at radius 3 is 2.33 bits per heavy atom. The number of likely N-dealkylation sites (N-methyl/N-ethyl adjacent to an activating group) is 1. The fourth-order valence-electron chi connectivity index (χ4n) is 4.09. The summed E-state index contributed by atoms with van der Waals surface area (Å²) in [4.78, 5) is 17.3. The zero-order valence-corrected chi connectivity index (χ0v) is 19.3. The molecule has 2 aromatic rings. The van der Waals surface area contributed by atoms with Crippen LogP contribution in [-0.4, -0.2) is 67.4 Å². The molecule has 1 saturated heterocycles. The van der Waals surface area contributed by atoms with Crippen molar-refractivity contribution in [3.63, 3.8) is 0 Å². The number of carbonyl (C=O) groups is 1. The molecule has 176 valence electrons. The fourth-order valence-corrected chi connectivity index (χ4v) is 4.09.